The number of pyridine rings is 1. The first-order valence-electron chi connectivity index (χ1n) is 8.98. The highest BCUT2D eigenvalue weighted by atomic mass is 32.2. The van der Waals surface area contributed by atoms with Crippen molar-refractivity contribution in [2.75, 3.05) is 11.6 Å². The molecule has 1 saturated carbocycles. The number of aromatic carboxylic acids is 1. The van der Waals surface area contributed by atoms with Crippen LogP contribution in [-0.2, 0) is 14.6 Å². The first kappa shape index (κ1) is 20.0. The van der Waals surface area contributed by atoms with Gasteiger partial charge in [0.05, 0.1) is 11.8 Å². The molecule has 0 unspecified atom stereocenters. The fourth-order valence-corrected chi connectivity index (χ4v) is 3.92. The molecule has 0 aliphatic heterocycles. The van der Waals surface area contributed by atoms with Gasteiger partial charge in [0.15, 0.2) is 9.84 Å². The van der Waals surface area contributed by atoms with Crippen molar-refractivity contribution >= 4 is 27.5 Å². The summed E-state index contributed by atoms with van der Waals surface area (Å²) in [5, 5.41) is 15.7. The Balaban J connectivity index is 1.81. The first-order chi connectivity index (χ1) is 13.2. The summed E-state index contributed by atoms with van der Waals surface area (Å²) in [7, 11) is -3.42. The summed E-state index contributed by atoms with van der Waals surface area (Å²) in [6, 6.07) is 2.09. The van der Waals surface area contributed by atoms with E-state index in [0.717, 1.165) is 31.9 Å². The molecule has 1 aliphatic carbocycles. The number of anilines is 1. The van der Waals surface area contributed by atoms with E-state index in [4.69, 9.17) is 5.11 Å². The number of hydrogen-bond acceptors (Lipinski definition) is 6. The Kier molecular flexibility index (Phi) is 5.78. The lowest BCUT2D eigenvalue weighted by atomic mass is 9.98. The Morgan fingerprint density at radius 2 is 2.00 bits per heavy atom. The highest BCUT2D eigenvalue weighted by Crippen LogP contribution is 2.32. The van der Waals surface area contributed by atoms with Crippen LogP contribution in [0.4, 0.5) is 5.82 Å². The number of carbonyl (C=O) groups excluding carboxylic acids is 1. The minimum Gasteiger partial charge on any atom is -0.478 e. The summed E-state index contributed by atoms with van der Waals surface area (Å²) in [4.78, 5) is 27.8. The van der Waals surface area contributed by atoms with Crippen LogP contribution < -0.4 is 5.32 Å². The zero-order chi connectivity index (χ0) is 20.3. The number of carboxylic acid groups (broad SMARTS) is 1. The molecule has 2 aromatic heterocycles. The lowest BCUT2D eigenvalue weighted by molar-refractivity contribution is -0.120. The molecule has 1 fully saturated rings. The minimum absolute atomic E-state index is 0.0189. The monoisotopic (exact) mass is 406 g/mol. The van der Waals surface area contributed by atoms with Gasteiger partial charge in [0.2, 0.25) is 5.91 Å². The Labute approximate surface area is 162 Å². The summed E-state index contributed by atoms with van der Waals surface area (Å²) in [6.45, 7) is 0. The Hall–Kier alpha value is -2.75. The van der Waals surface area contributed by atoms with Gasteiger partial charge >= 0.3 is 5.97 Å². The Morgan fingerprint density at radius 3 is 2.54 bits per heavy atom. The number of carboxylic acids is 1. The molecule has 3 rings (SSSR count). The van der Waals surface area contributed by atoms with E-state index in [1.54, 1.807) is 0 Å². The molecule has 1 amide bonds. The summed E-state index contributed by atoms with van der Waals surface area (Å²) in [5.74, 6) is -0.883. The molecule has 28 heavy (non-hydrogen) atoms. The highest BCUT2D eigenvalue weighted by Gasteiger charge is 2.28. The standard InChI is InChI=1S/C18H22N4O5S/c1-28(26,27)14-10-20-22(11-14)15(8-12-4-2-3-5-12)17(23)21-16-7-6-13(9-19-16)18(24)25/h6-7,9-12,15H,2-5,8H2,1H3,(H,24,25)(H,19,21,23)/t15-/m0/s1. The lowest BCUT2D eigenvalue weighted by Crippen LogP contribution is -2.28. The van der Waals surface area contributed by atoms with Crippen LogP contribution in [0.3, 0.4) is 0 Å². The van der Waals surface area contributed by atoms with E-state index >= 15 is 0 Å². The van der Waals surface area contributed by atoms with Crippen molar-refractivity contribution in [3.63, 3.8) is 0 Å². The number of sulfone groups is 1. The summed E-state index contributed by atoms with van der Waals surface area (Å²) in [6.07, 6.45) is 9.69. The van der Waals surface area contributed by atoms with E-state index in [0.29, 0.717) is 12.3 Å². The third kappa shape index (κ3) is 4.75. The summed E-state index contributed by atoms with van der Waals surface area (Å²) < 4.78 is 24.9. The third-order valence-corrected chi connectivity index (χ3v) is 5.99. The molecule has 1 aliphatic rings. The van der Waals surface area contributed by atoms with Crippen LogP contribution in [0.2, 0.25) is 0 Å². The predicted octanol–water partition coefficient (Wildman–Crippen LogP) is 2.14. The molecule has 10 heteroatoms. The van der Waals surface area contributed by atoms with E-state index < -0.39 is 21.8 Å². The van der Waals surface area contributed by atoms with Gasteiger partial charge < -0.3 is 10.4 Å². The van der Waals surface area contributed by atoms with Crippen molar-refractivity contribution in [1.82, 2.24) is 14.8 Å². The molecule has 9 nitrogen and oxygen atoms in total. The van der Waals surface area contributed by atoms with Crippen LogP contribution >= 0.6 is 0 Å². The predicted molar refractivity (Wildman–Crippen MR) is 101 cm³/mol. The topological polar surface area (TPSA) is 131 Å². The van der Waals surface area contributed by atoms with E-state index in [1.807, 2.05) is 0 Å². The van der Waals surface area contributed by atoms with Gasteiger partial charge in [-0.2, -0.15) is 5.10 Å². The van der Waals surface area contributed by atoms with Crippen molar-refractivity contribution in [3.05, 3.63) is 36.3 Å². The maximum Gasteiger partial charge on any atom is 0.337 e. The molecular weight excluding hydrogens is 384 g/mol. The molecule has 0 bridgehead atoms. The van der Waals surface area contributed by atoms with Gasteiger partial charge in [-0.25, -0.2) is 18.2 Å². The van der Waals surface area contributed by atoms with Crippen LogP contribution in [-0.4, -0.2) is 46.4 Å². The molecule has 0 saturated heterocycles. The van der Waals surface area contributed by atoms with Gasteiger partial charge in [0.1, 0.15) is 16.8 Å². The second-order valence-corrected chi connectivity index (χ2v) is 9.07. The number of nitrogens with one attached hydrogen (secondary N) is 1. The van der Waals surface area contributed by atoms with Crippen LogP contribution in [0.15, 0.2) is 35.6 Å². The van der Waals surface area contributed by atoms with Crippen molar-refractivity contribution in [2.24, 2.45) is 5.92 Å². The van der Waals surface area contributed by atoms with Crippen molar-refractivity contribution in [1.29, 1.82) is 0 Å². The summed E-state index contributed by atoms with van der Waals surface area (Å²) in [5.41, 5.74) is 0.0189. The van der Waals surface area contributed by atoms with Gasteiger partial charge in [0.25, 0.3) is 0 Å². The van der Waals surface area contributed by atoms with Gasteiger partial charge in [0, 0.05) is 18.6 Å². The molecule has 150 valence electrons. The van der Waals surface area contributed by atoms with Gasteiger partial charge in [-0.1, -0.05) is 25.7 Å². The number of hydrogen-bond donors (Lipinski definition) is 2. The van der Waals surface area contributed by atoms with E-state index in [1.165, 1.54) is 35.4 Å². The van der Waals surface area contributed by atoms with E-state index in [-0.39, 0.29) is 22.2 Å². The second-order valence-electron chi connectivity index (χ2n) is 7.06. The number of rotatable bonds is 7. The number of amides is 1. The Bertz CT molecular complexity index is 962. The highest BCUT2D eigenvalue weighted by molar-refractivity contribution is 7.90. The van der Waals surface area contributed by atoms with Crippen molar-refractivity contribution < 1.29 is 23.1 Å². The van der Waals surface area contributed by atoms with Gasteiger partial charge in [-0.3, -0.25) is 9.48 Å². The fraction of sp³-hybridized carbons (Fsp3) is 0.444. The molecule has 2 N–H and O–H groups in total. The fourth-order valence-electron chi connectivity index (χ4n) is 3.38. The second kappa shape index (κ2) is 8.09. The van der Waals surface area contributed by atoms with Crippen molar-refractivity contribution in [2.45, 2.75) is 43.0 Å². The average molecular weight is 406 g/mol. The number of nitrogens with zero attached hydrogens (tertiary/aromatic N) is 3. The molecule has 2 heterocycles. The maximum atomic E-state index is 12.9. The molecule has 0 spiro atoms. The van der Waals surface area contributed by atoms with Crippen LogP contribution in [0.25, 0.3) is 0 Å². The van der Waals surface area contributed by atoms with Gasteiger partial charge in [-0.05, 0) is 24.5 Å². The normalized spacial score (nSPS) is 16.0. The van der Waals surface area contributed by atoms with Gasteiger partial charge in [-0.15, -0.1) is 0 Å². The molecule has 0 radical (unpaired) electrons. The van der Waals surface area contributed by atoms with E-state index in [2.05, 4.69) is 15.4 Å². The molecule has 2 aromatic rings. The maximum absolute atomic E-state index is 12.9. The lowest BCUT2D eigenvalue weighted by Gasteiger charge is -2.20. The smallest absolute Gasteiger partial charge is 0.337 e. The number of aromatic nitrogens is 3. The molecule has 0 aromatic carbocycles. The first-order valence-corrected chi connectivity index (χ1v) is 10.9. The molecule has 1 atom stereocenters. The quantitative estimate of drug-likeness (QED) is 0.720. The minimum atomic E-state index is -3.42. The van der Waals surface area contributed by atoms with Crippen LogP contribution in [0, 0.1) is 5.92 Å². The van der Waals surface area contributed by atoms with Crippen molar-refractivity contribution in [3.8, 4) is 0 Å². The number of carbonyl (C=O) groups is 2. The van der Waals surface area contributed by atoms with E-state index in [9.17, 15) is 18.0 Å². The largest absolute Gasteiger partial charge is 0.478 e. The van der Waals surface area contributed by atoms with Crippen LogP contribution in [0.1, 0.15) is 48.5 Å². The Morgan fingerprint density at radius 1 is 1.29 bits per heavy atom. The van der Waals surface area contributed by atoms with Crippen LogP contribution in [0.5, 0.6) is 0 Å². The third-order valence-electron chi connectivity index (χ3n) is 4.92. The molecular formula is C18H22N4O5S. The summed E-state index contributed by atoms with van der Waals surface area (Å²) >= 11 is 0. The zero-order valence-corrected chi connectivity index (χ0v) is 16.2. The SMILES string of the molecule is CS(=O)(=O)c1cnn([C@@H](CC2CCCC2)C(=O)Nc2ccc(C(=O)O)cn2)c1. The average Bonchev–Trinajstić information content (AvgIpc) is 3.31. The zero-order valence-electron chi connectivity index (χ0n) is 15.4.